The molecule has 1 aromatic heterocycles. The second-order valence-electron chi connectivity index (χ2n) is 8.97. The number of amides is 2. The maximum Gasteiger partial charge on any atom is 0.321 e. The second kappa shape index (κ2) is 11.6. The van der Waals surface area contributed by atoms with Gasteiger partial charge in [-0.2, -0.15) is 5.26 Å². The molecule has 182 valence electrons. The van der Waals surface area contributed by atoms with Gasteiger partial charge in [0.25, 0.3) is 0 Å². The van der Waals surface area contributed by atoms with Gasteiger partial charge in [-0.25, -0.2) is 14.8 Å². The highest BCUT2D eigenvalue weighted by Gasteiger charge is 2.22. The van der Waals surface area contributed by atoms with Crippen LogP contribution in [0.3, 0.4) is 0 Å². The summed E-state index contributed by atoms with van der Waals surface area (Å²) in [7, 11) is 4.16. The van der Waals surface area contributed by atoms with Gasteiger partial charge in [0.2, 0.25) is 0 Å². The molecule has 35 heavy (non-hydrogen) atoms. The average molecular weight is 473 g/mol. The summed E-state index contributed by atoms with van der Waals surface area (Å²) >= 11 is 0. The van der Waals surface area contributed by atoms with Crippen molar-refractivity contribution in [2.75, 3.05) is 64.0 Å². The fourth-order valence-corrected chi connectivity index (χ4v) is 4.07. The van der Waals surface area contributed by atoms with Crippen LogP contribution in [0.25, 0.3) is 10.9 Å². The largest absolute Gasteiger partial charge is 0.369 e. The zero-order valence-electron chi connectivity index (χ0n) is 20.4. The van der Waals surface area contributed by atoms with Crippen molar-refractivity contribution >= 4 is 28.4 Å². The zero-order valence-corrected chi connectivity index (χ0v) is 20.4. The number of carbonyl (C=O) groups excluding carboxylic acids is 1. The van der Waals surface area contributed by atoms with E-state index in [2.05, 4.69) is 46.7 Å². The minimum atomic E-state index is -0.125. The molecule has 9 nitrogen and oxygen atoms in total. The molecule has 1 aliphatic rings. The number of rotatable bonds is 8. The van der Waals surface area contributed by atoms with Gasteiger partial charge in [-0.15, -0.1) is 0 Å². The van der Waals surface area contributed by atoms with Crippen LogP contribution in [0.4, 0.5) is 16.3 Å². The van der Waals surface area contributed by atoms with Gasteiger partial charge in [-0.05, 0) is 63.5 Å². The van der Waals surface area contributed by atoms with Crippen molar-refractivity contribution in [3.05, 3.63) is 59.9 Å². The number of hydrogen-bond acceptors (Lipinski definition) is 7. The molecular weight excluding hydrogens is 440 g/mol. The Labute approximate surface area is 206 Å². The van der Waals surface area contributed by atoms with Gasteiger partial charge in [0.15, 0.2) is 0 Å². The van der Waals surface area contributed by atoms with E-state index in [1.807, 2.05) is 23.1 Å². The summed E-state index contributed by atoms with van der Waals surface area (Å²) in [5, 5.41) is 16.4. The number of nitrogens with one attached hydrogen (secondary N) is 2. The molecule has 0 bridgehead atoms. The van der Waals surface area contributed by atoms with Crippen molar-refractivity contribution in [3.8, 4) is 6.07 Å². The number of para-hydroxylation sites is 1. The Morgan fingerprint density at radius 3 is 2.51 bits per heavy atom. The molecule has 0 unspecified atom stereocenters. The van der Waals surface area contributed by atoms with Crippen LogP contribution in [0.2, 0.25) is 0 Å². The lowest BCUT2D eigenvalue weighted by Crippen LogP contribution is -2.49. The quantitative estimate of drug-likeness (QED) is 0.486. The summed E-state index contributed by atoms with van der Waals surface area (Å²) in [6, 6.07) is 16.9. The van der Waals surface area contributed by atoms with Crippen molar-refractivity contribution in [1.82, 2.24) is 24.7 Å². The molecule has 0 saturated carbocycles. The van der Waals surface area contributed by atoms with Crippen molar-refractivity contribution in [1.29, 1.82) is 5.26 Å². The Kier molecular flexibility index (Phi) is 8.08. The molecule has 0 radical (unpaired) electrons. The van der Waals surface area contributed by atoms with Gasteiger partial charge in [0.05, 0.1) is 23.7 Å². The van der Waals surface area contributed by atoms with E-state index in [9.17, 15) is 4.79 Å². The number of piperazine rings is 1. The molecule has 1 saturated heterocycles. The molecule has 2 aromatic carbocycles. The molecule has 1 fully saturated rings. The van der Waals surface area contributed by atoms with Crippen molar-refractivity contribution in [3.63, 3.8) is 0 Å². The Morgan fingerprint density at radius 1 is 1.06 bits per heavy atom. The summed E-state index contributed by atoms with van der Waals surface area (Å²) in [5.74, 6) is 1.67. The Bertz CT molecular complexity index is 1180. The predicted octanol–water partition coefficient (Wildman–Crippen LogP) is 3.21. The van der Waals surface area contributed by atoms with Crippen LogP contribution in [0.1, 0.15) is 17.8 Å². The van der Waals surface area contributed by atoms with Gasteiger partial charge in [0, 0.05) is 43.8 Å². The van der Waals surface area contributed by atoms with Crippen LogP contribution in [0, 0.1) is 11.3 Å². The van der Waals surface area contributed by atoms with Crippen LogP contribution in [0.5, 0.6) is 0 Å². The number of hydrogen-bond donors (Lipinski definition) is 2. The minimum absolute atomic E-state index is 0.125. The van der Waals surface area contributed by atoms with E-state index in [4.69, 9.17) is 15.2 Å². The molecule has 0 aliphatic carbocycles. The predicted molar refractivity (Wildman–Crippen MR) is 138 cm³/mol. The van der Waals surface area contributed by atoms with E-state index in [1.165, 1.54) is 0 Å². The van der Waals surface area contributed by atoms with Gasteiger partial charge in [-0.3, -0.25) is 4.90 Å². The molecule has 2 N–H and O–H groups in total. The van der Waals surface area contributed by atoms with Crippen LogP contribution in [-0.2, 0) is 6.54 Å². The summed E-state index contributed by atoms with van der Waals surface area (Å²) < 4.78 is 0. The van der Waals surface area contributed by atoms with E-state index in [0.717, 1.165) is 55.1 Å². The van der Waals surface area contributed by atoms with E-state index in [1.54, 1.807) is 24.3 Å². The number of carbonyl (C=O) groups is 1. The van der Waals surface area contributed by atoms with Gasteiger partial charge >= 0.3 is 6.03 Å². The summed E-state index contributed by atoms with van der Waals surface area (Å²) in [5.41, 5.74) is 2.19. The summed E-state index contributed by atoms with van der Waals surface area (Å²) in [4.78, 5) is 28.5. The minimum Gasteiger partial charge on any atom is -0.369 e. The third-order valence-corrected chi connectivity index (χ3v) is 6.01. The summed E-state index contributed by atoms with van der Waals surface area (Å²) in [6.07, 6.45) is 1.03. The first-order valence-electron chi connectivity index (χ1n) is 11.9. The molecule has 0 atom stereocenters. The van der Waals surface area contributed by atoms with Gasteiger partial charge in [0.1, 0.15) is 11.6 Å². The maximum atomic E-state index is 12.6. The first-order chi connectivity index (χ1) is 17.0. The normalized spacial score (nSPS) is 14.2. The van der Waals surface area contributed by atoms with Crippen LogP contribution in [0.15, 0.2) is 48.5 Å². The number of anilines is 2. The summed E-state index contributed by atoms with van der Waals surface area (Å²) in [6.45, 7) is 5.28. The SMILES string of the molecule is CN(C)CCCNc1nc(CN2CCN(C(=O)Nc3ccc(C#N)cc3)CC2)nc2ccccc12. The fraction of sp³-hybridized carbons (Fsp3) is 0.385. The van der Waals surface area contributed by atoms with Crippen LogP contribution >= 0.6 is 0 Å². The Morgan fingerprint density at radius 2 is 1.80 bits per heavy atom. The molecule has 1 aliphatic heterocycles. The number of urea groups is 1. The van der Waals surface area contributed by atoms with Gasteiger partial charge < -0.3 is 20.4 Å². The topological polar surface area (TPSA) is 100 Å². The fourth-order valence-electron chi connectivity index (χ4n) is 4.07. The third-order valence-electron chi connectivity index (χ3n) is 6.01. The smallest absolute Gasteiger partial charge is 0.321 e. The number of benzene rings is 2. The van der Waals surface area contributed by atoms with Crippen molar-refractivity contribution in [2.24, 2.45) is 0 Å². The lowest BCUT2D eigenvalue weighted by Gasteiger charge is -2.34. The van der Waals surface area contributed by atoms with E-state index < -0.39 is 0 Å². The van der Waals surface area contributed by atoms with E-state index in [0.29, 0.717) is 30.9 Å². The van der Waals surface area contributed by atoms with Crippen molar-refractivity contribution in [2.45, 2.75) is 13.0 Å². The second-order valence-corrected chi connectivity index (χ2v) is 8.97. The number of fused-ring (bicyclic) bond motifs is 1. The van der Waals surface area contributed by atoms with Gasteiger partial charge in [-0.1, -0.05) is 12.1 Å². The van der Waals surface area contributed by atoms with Crippen LogP contribution < -0.4 is 10.6 Å². The Balaban J connectivity index is 1.34. The first kappa shape index (κ1) is 24.4. The molecule has 9 heteroatoms. The number of nitriles is 1. The first-order valence-corrected chi connectivity index (χ1v) is 11.9. The molecule has 2 heterocycles. The maximum absolute atomic E-state index is 12.6. The lowest BCUT2D eigenvalue weighted by molar-refractivity contribution is 0.141. The highest BCUT2D eigenvalue weighted by Crippen LogP contribution is 2.21. The monoisotopic (exact) mass is 472 g/mol. The molecule has 2 amide bonds. The average Bonchev–Trinajstić information content (AvgIpc) is 2.87. The number of aromatic nitrogens is 2. The molecule has 4 rings (SSSR count). The highest BCUT2D eigenvalue weighted by molar-refractivity contribution is 5.90. The highest BCUT2D eigenvalue weighted by atomic mass is 16.2. The molecule has 3 aromatic rings. The lowest BCUT2D eigenvalue weighted by atomic mass is 10.2. The van der Waals surface area contributed by atoms with E-state index >= 15 is 0 Å². The molecular formula is C26H32N8O. The molecule has 0 spiro atoms. The number of nitrogens with zero attached hydrogens (tertiary/aromatic N) is 6. The standard InChI is InChI=1S/C26H32N8O/c1-32(2)13-5-12-28-25-22-6-3-4-7-23(22)30-24(31-25)19-33-14-16-34(17-15-33)26(35)29-21-10-8-20(18-27)9-11-21/h3-4,6-11H,5,12-17,19H2,1-2H3,(H,29,35)(H,28,30,31). The zero-order chi connectivity index (χ0) is 24.6. The Hall–Kier alpha value is -3.74. The third kappa shape index (κ3) is 6.66. The van der Waals surface area contributed by atoms with Crippen LogP contribution in [-0.4, -0.2) is 84.1 Å². The van der Waals surface area contributed by atoms with E-state index in [-0.39, 0.29) is 6.03 Å². The van der Waals surface area contributed by atoms with Crippen molar-refractivity contribution < 1.29 is 4.79 Å².